The van der Waals surface area contributed by atoms with Crippen LogP contribution >= 0.6 is 11.8 Å². The maximum atomic E-state index is 11.8. The Hall–Kier alpha value is -1.05. The van der Waals surface area contributed by atoms with Crippen LogP contribution < -0.4 is 11.2 Å². The van der Waals surface area contributed by atoms with Crippen molar-refractivity contribution in [2.75, 3.05) is 6.61 Å². The normalized spacial score (nSPS) is 26.8. The van der Waals surface area contributed by atoms with Gasteiger partial charge in [-0.15, -0.1) is 11.8 Å². The molecule has 3 N–H and O–H groups in total. The SMILES string of the molecule is CCCc1cn([C@H]2CC(O)[C@H](CO)S2)c(=O)[nH]c1=O. The van der Waals surface area contributed by atoms with Gasteiger partial charge in [-0.3, -0.25) is 14.3 Å². The number of aromatic amines is 1. The second-order valence-corrected chi connectivity index (χ2v) is 6.11. The first-order valence-corrected chi connectivity index (χ1v) is 7.29. The summed E-state index contributed by atoms with van der Waals surface area (Å²) in [4.78, 5) is 25.8. The fourth-order valence-corrected chi connectivity index (χ4v) is 3.62. The minimum Gasteiger partial charge on any atom is -0.395 e. The van der Waals surface area contributed by atoms with E-state index in [-0.39, 0.29) is 22.8 Å². The summed E-state index contributed by atoms with van der Waals surface area (Å²) in [5.41, 5.74) is -0.233. The van der Waals surface area contributed by atoms with Gasteiger partial charge in [0.2, 0.25) is 0 Å². The van der Waals surface area contributed by atoms with Crippen molar-refractivity contribution in [3.05, 3.63) is 32.6 Å². The van der Waals surface area contributed by atoms with Crippen molar-refractivity contribution in [3.63, 3.8) is 0 Å². The summed E-state index contributed by atoms with van der Waals surface area (Å²) < 4.78 is 1.45. The minimum atomic E-state index is -0.631. The van der Waals surface area contributed by atoms with Gasteiger partial charge in [0, 0.05) is 18.2 Å². The van der Waals surface area contributed by atoms with Crippen molar-refractivity contribution in [1.82, 2.24) is 9.55 Å². The van der Waals surface area contributed by atoms with Crippen LogP contribution in [0.3, 0.4) is 0 Å². The van der Waals surface area contributed by atoms with Gasteiger partial charge in [0.25, 0.3) is 5.56 Å². The molecule has 19 heavy (non-hydrogen) atoms. The van der Waals surface area contributed by atoms with Crippen molar-refractivity contribution in [3.8, 4) is 0 Å². The van der Waals surface area contributed by atoms with E-state index in [2.05, 4.69) is 4.98 Å². The molecule has 0 saturated carbocycles. The first-order valence-electron chi connectivity index (χ1n) is 6.35. The molecule has 1 unspecified atom stereocenters. The Morgan fingerprint density at radius 3 is 2.84 bits per heavy atom. The van der Waals surface area contributed by atoms with Crippen LogP contribution in [0.2, 0.25) is 0 Å². The average molecular weight is 286 g/mol. The van der Waals surface area contributed by atoms with Gasteiger partial charge in [-0.1, -0.05) is 13.3 Å². The van der Waals surface area contributed by atoms with Gasteiger partial charge in [0.15, 0.2) is 0 Å². The first-order chi connectivity index (χ1) is 9.06. The Kier molecular flexibility index (Phi) is 4.49. The van der Waals surface area contributed by atoms with Crippen molar-refractivity contribution < 1.29 is 10.2 Å². The van der Waals surface area contributed by atoms with Crippen molar-refractivity contribution in [2.45, 2.75) is 42.9 Å². The lowest BCUT2D eigenvalue weighted by Crippen LogP contribution is -2.33. The third-order valence-corrected chi connectivity index (χ3v) is 4.80. The maximum Gasteiger partial charge on any atom is 0.329 e. The number of H-pyrrole nitrogens is 1. The lowest BCUT2D eigenvalue weighted by atomic mass is 10.2. The molecule has 106 valence electrons. The van der Waals surface area contributed by atoms with Crippen LogP contribution in [-0.2, 0) is 6.42 Å². The van der Waals surface area contributed by atoms with E-state index in [9.17, 15) is 14.7 Å². The predicted molar refractivity (Wildman–Crippen MR) is 73.4 cm³/mol. The highest BCUT2D eigenvalue weighted by Gasteiger charge is 2.34. The zero-order valence-corrected chi connectivity index (χ0v) is 11.5. The number of hydrogen-bond acceptors (Lipinski definition) is 5. The van der Waals surface area contributed by atoms with Gasteiger partial charge >= 0.3 is 5.69 Å². The summed E-state index contributed by atoms with van der Waals surface area (Å²) in [6, 6.07) is 0. The van der Waals surface area contributed by atoms with Gasteiger partial charge in [-0.2, -0.15) is 0 Å². The summed E-state index contributed by atoms with van der Waals surface area (Å²) in [5, 5.41) is 18.4. The van der Waals surface area contributed by atoms with E-state index in [1.807, 2.05) is 6.92 Å². The van der Waals surface area contributed by atoms with Gasteiger partial charge < -0.3 is 10.2 Å². The van der Waals surface area contributed by atoms with Gasteiger partial charge in [-0.05, 0) is 6.42 Å². The molecule has 0 radical (unpaired) electrons. The molecule has 1 fully saturated rings. The van der Waals surface area contributed by atoms with Gasteiger partial charge in [0.1, 0.15) is 0 Å². The van der Waals surface area contributed by atoms with Crippen LogP contribution in [0.15, 0.2) is 15.8 Å². The molecule has 1 aromatic rings. The molecule has 2 rings (SSSR count). The third-order valence-electron chi connectivity index (χ3n) is 3.26. The fraction of sp³-hybridized carbons (Fsp3) is 0.667. The molecule has 1 saturated heterocycles. The number of aliphatic hydroxyl groups excluding tert-OH is 2. The maximum absolute atomic E-state index is 11.8. The summed E-state index contributed by atoms with van der Waals surface area (Å²) in [7, 11) is 0. The predicted octanol–water partition coefficient (Wildman–Crippen LogP) is -0.154. The fourth-order valence-electron chi connectivity index (χ4n) is 2.24. The molecule has 3 atom stereocenters. The lowest BCUT2D eigenvalue weighted by Gasteiger charge is -2.13. The highest BCUT2D eigenvalue weighted by Crippen LogP contribution is 2.40. The van der Waals surface area contributed by atoms with E-state index in [4.69, 9.17) is 5.11 Å². The van der Waals surface area contributed by atoms with E-state index in [0.717, 1.165) is 6.42 Å². The van der Waals surface area contributed by atoms with E-state index >= 15 is 0 Å². The summed E-state index contributed by atoms with van der Waals surface area (Å²) in [5.74, 6) is 0. The number of hydrogen-bond donors (Lipinski definition) is 3. The van der Waals surface area contributed by atoms with Crippen molar-refractivity contribution in [1.29, 1.82) is 0 Å². The standard InChI is InChI=1S/C12H18N2O4S/c1-2-3-7-5-14(12(18)13-11(7)17)10-4-8(16)9(6-15)19-10/h5,8-10,15-16H,2-4,6H2,1H3,(H,13,17,18)/t8?,9-,10+/m0/s1. The van der Waals surface area contributed by atoms with Crippen molar-refractivity contribution >= 4 is 11.8 Å². The monoisotopic (exact) mass is 286 g/mol. The van der Waals surface area contributed by atoms with Crippen LogP contribution in [0.25, 0.3) is 0 Å². The highest BCUT2D eigenvalue weighted by atomic mass is 32.2. The molecular weight excluding hydrogens is 268 g/mol. The number of nitrogens with zero attached hydrogens (tertiary/aromatic N) is 1. The average Bonchev–Trinajstić information content (AvgIpc) is 2.74. The molecule has 0 amide bonds. The molecular formula is C12H18N2O4S. The van der Waals surface area contributed by atoms with Crippen LogP contribution in [0.5, 0.6) is 0 Å². The van der Waals surface area contributed by atoms with E-state index in [1.54, 1.807) is 6.20 Å². The summed E-state index contributed by atoms with van der Waals surface area (Å²) >= 11 is 1.36. The number of aliphatic hydroxyl groups is 2. The summed E-state index contributed by atoms with van der Waals surface area (Å²) in [6.07, 6.45) is 2.77. The van der Waals surface area contributed by atoms with Crippen LogP contribution in [-0.4, -0.2) is 37.7 Å². The molecule has 1 aromatic heterocycles. The second kappa shape index (κ2) is 5.94. The summed E-state index contributed by atoms with van der Waals surface area (Å²) in [6.45, 7) is 1.84. The quantitative estimate of drug-likeness (QED) is 0.715. The largest absolute Gasteiger partial charge is 0.395 e. The molecule has 1 aliphatic heterocycles. The third kappa shape index (κ3) is 2.93. The smallest absolute Gasteiger partial charge is 0.329 e. The molecule has 7 heteroatoms. The molecule has 2 heterocycles. The Labute approximate surface area is 114 Å². The minimum absolute atomic E-state index is 0.123. The second-order valence-electron chi connectivity index (χ2n) is 4.69. The number of rotatable bonds is 4. The Morgan fingerprint density at radius 2 is 2.26 bits per heavy atom. The van der Waals surface area contributed by atoms with Crippen molar-refractivity contribution in [2.24, 2.45) is 0 Å². The van der Waals surface area contributed by atoms with Crippen LogP contribution in [0, 0.1) is 0 Å². The number of thioether (sulfide) groups is 1. The number of aryl methyl sites for hydroxylation is 1. The zero-order valence-electron chi connectivity index (χ0n) is 10.7. The Bertz CT molecular complexity index is 553. The van der Waals surface area contributed by atoms with E-state index in [1.165, 1.54) is 16.3 Å². The van der Waals surface area contributed by atoms with Crippen LogP contribution in [0.4, 0.5) is 0 Å². The van der Waals surface area contributed by atoms with Crippen LogP contribution in [0.1, 0.15) is 30.7 Å². The Balaban J connectivity index is 2.33. The van der Waals surface area contributed by atoms with E-state index in [0.29, 0.717) is 18.4 Å². The number of aromatic nitrogens is 2. The Morgan fingerprint density at radius 1 is 1.53 bits per heavy atom. The topological polar surface area (TPSA) is 95.3 Å². The zero-order chi connectivity index (χ0) is 14.0. The van der Waals surface area contributed by atoms with E-state index < -0.39 is 11.8 Å². The van der Waals surface area contributed by atoms with Gasteiger partial charge in [0.05, 0.1) is 23.3 Å². The molecule has 0 aromatic carbocycles. The molecule has 6 nitrogen and oxygen atoms in total. The molecule has 0 spiro atoms. The lowest BCUT2D eigenvalue weighted by molar-refractivity contribution is 0.137. The number of nitrogens with one attached hydrogen (secondary N) is 1. The highest BCUT2D eigenvalue weighted by molar-refractivity contribution is 8.00. The molecule has 0 aliphatic carbocycles. The molecule has 0 bridgehead atoms. The first kappa shape index (κ1) is 14.4. The molecule has 1 aliphatic rings. The van der Waals surface area contributed by atoms with Gasteiger partial charge in [-0.25, -0.2) is 4.79 Å².